The molecule has 0 spiro atoms. The molecule has 0 bridgehead atoms. The summed E-state index contributed by atoms with van der Waals surface area (Å²) in [6.45, 7) is 5.32. The minimum atomic E-state index is 0.0785. The Labute approximate surface area is 192 Å². The molecule has 0 saturated carbocycles. The Balaban J connectivity index is 1.25. The molecule has 0 unspecified atom stereocenters. The second kappa shape index (κ2) is 9.16. The predicted molar refractivity (Wildman–Crippen MR) is 128 cm³/mol. The van der Waals surface area contributed by atoms with Gasteiger partial charge in [-0.1, -0.05) is 29.8 Å². The van der Waals surface area contributed by atoms with Crippen molar-refractivity contribution in [2.75, 3.05) is 19.6 Å². The number of amides is 1. The number of fused-ring (bicyclic) bond motifs is 3. The van der Waals surface area contributed by atoms with E-state index >= 15 is 0 Å². The SMILES string of the molecule is Cc1ccc(Cn2cnc3sc4c(c3c2=O)CC[C@H](NCCCN2CCCC2=O)C4)cc1. The molecule has 3 aromatic rings. The van der Waals surface area contributed by atoms with E-state index in [9.17, 15) is 9.59 Å². The number of aryl methyl sites for hydroxylation is 2. The van der Waals surface area contributed by atoms with Crippen LogP contribution in [-0.4, -0.2) is 46.0 Å². The van der Waals surface area contributed by atoms with Gasteiger partial charge in [0.15, 0.2) is 0 Å². The van der Waals surface area contributed by atoms with Crippen LogP contribution >= 0.6 is 11.3 Å². The quantitative estimate of drug-likeness (QED) is 0.561. The summed E-state index contributed by atoms with van der Waals surface area (Å²) in [5.74, 6) is 0.304. The summed E-state index contributed by atoms with van der Waals surface area (Å²) >= 11 is 1.68. The van der Waals surface area contributed by atoms with Gasteiger partial charge >= 0.3 is 0 Å². The standard InChI is InChI=1S/C25H30N4O2S/c1-17-5-7-18(8-6-17)15-29-16-27-24-23(25(29)31)20-10-9-19(14-21(20)32-24)26-11-3-13-28-12-2-4-22(28)30/h5-8,16,19,26H,2-4,9-15H2,1H3/t19-/m0/s1. The van der Waals surface area contributed by atoms with Crippen LogP contribution in [0.4, 0.5) is 0 Å². The summed E-state index contributed by atoms with van der Waals surface area (Å²) < 4.78 is 1.74. The van der Waals surface area contributed by atoms with Gasteiger partial charge in [0.25, 0.3) is 5.56 Å². The van der Waals surface area contributed by atoms with Crippen LogP contribution in [0.3, 0.4) is 0 Å². The number of benzene rings is 1. The van der Waals surface area contributed by atoms with Crippen LogP contribution in [0.1, 0.15) is 47.3 Å². The molecule has 1 aromatic carbocycles. The van der Waals surface area contributed by atoms with E-state index in [1.165, 1.54) is 16.0 Å². The highest BCUT2D eigenvalue weighted by Gasteiger charge is 2.25. The lowest BCUT2D eigenvalue weighted by Crippen LogP contribution is -2.36. The number of nitrogens with zero attached hydrogens (tertiary/aromatic N) is 3. The van der Waals surface area contributed by atoms with Gasteiger partial charge in [-0.25, -0.2) is 4.98 Å². The molecule has 1 saturated heterocycles. The van der Waals surface area contributed by atoms with E-state index in [0.717, 1.165) is 67.5 Å². The van der Waals surface area contributed by atoms with Gasteiger partial charge in [-0.2, -0.15) is 0 Å². The van der Waals surface area contributed by atoms with Gasteiger partial charge < -0.3 is 10.2 Å². The monoisotopic (exact) mass is 450 g/mol. The lowest BCUT2D eigenvalue weighted by atomic mass is 9.93. The molecule has 5 rings (SSSR count). The molecule has 2 aliphatic rings. The first kappa shape index (κ1) is 21.3. The minimum absolute atomic E-state index is 0.0785. The maximum atomic E-state index is 13.3. The molecule has 6 nitrogen and oxygen atoms in total. The van der Waals surface area contributed by atoms with Gasteiger partial charge in [-0.3, -0.25) is 14.2 Å². The number of nitrogens with one attached hydrogen (secondary N) is 1. The summed E-state index contributed by atoms with van der Waals surface area (Å²) in [5, 5.41) is 4.50. The first-order valence-electron chi connectivity index (χ1n) is 11.6. The first-order valence-corrected chi connectivity index (χ1v) is 12.5. The molecule has 0 radical (unpaired) electrons. The number of aromatic nitrogens is 2. The average molecular weight is 451 g/mol. The summed E-state index contributed by atoms with van der Waals surface area (Å²) in [7, 11) is 0. The van der Waals surface area contributed by atoms with Crippen molar-refractivity contribution in [3.05, 3.63) is 62.5 Å². The van der Waals surface area contributed by atoms with Crippen molar-refractivity contribution in [3.8, 4) is 0 Å². The second-order valence-electron chi connectivity index (χ2n) is 9.08. The van der Waals surface area contributed by atoms with E-state index in [4.69, 9.17) is 0 Å². The molecule has 1 atom stereocenters. The summed E-state index contributed by atoms with van der Waals surface area (Å²) in [6.07, 6.45) is 7.32. The molecule has 3 heterocycles. The van der Waals surface area contributed by atoms with Gasteiger partial charge in [0, 0.05) is 30.4 Å². The summed E-state index contributed by atoms with van der Waals surface area (Å²) in [6, 6.07) is 8.74. The van der Waals surface area contributed by atoms with E-state index in [0.29, 0.717) is 24.9 Å². The summed E-state index contributed by atoms with van der Waals surface area (Å²) in [4.78, 5) is 33.8. The maximum Gasteiger partial charge on any atom is 0.262 e. The van der Waals surface area contributed by atoms with Gasteiger partial charge in [-0.05, 0) is 56.7 Å². The van der Waals surface area contributed by atoms with Crippen molar-refractivity contribution >= 4 is 27.5 Å². The Morgan fingerprint density at radius 3 is 2.81 bits per heavy atom. The third-order valence-corrected chi connectivity index (χ3v) is 7.88. The van der Waals surface area contributed by atoms with Crippen LogP contribution in [0.2, 0.25) is 0 Å². The Morgan fingerprint density at radius 2 is 2.03 bits per heavy atom. The topological polar surface area (TPSA) is 67.2 Å². The van der Waals surface area contributed by atoms with Crippen molar-refractivity contribution in [2.45, 2.75) is 58.0 Å². The van der Waals surface area contributed by atoms with Crippen molar-refractivity contribution in [2.24, 2.45) is 0 Å². The number of thiophene rings is 1. The molecule has 1 aliphatic heterocycles. The molecule has 2 aromatic heterocycles. The minimum Gasteiger partial charge on any atom is -0.343 e. The Kier molecular flexibility index (Phi) is 6.11. The zero-order chi connectivity index (χ0) is 22.1. The van der Waals surface area contributed by atoms with Crippen molar-refractivity contribution in [1.82, 2.24) is 19.8 Å². The number of hydrogen-bond acceptors (Lipinski definition) is 5. The van der Waals surface area contributed by atoms with E-state index in [1.54, 1.807) is 22.2 Å². The number of carbonyl (C=O) groups excluding carboxylic acids is 1. The van der Waals surface area contributed by atoms with Crippen molar-refractivity contribution in [3.63, 3.8) is 0 Å². The van der Waals surface area contributed by atoms with Crippen LogP contribution in [0.25, 0.3) is 10.2 Å². The molecule has 1 aliphatic carbocycles. The highest BCUT2D eigenvalue weighted by molar-refractivity contribution is 7.18. The average Bonchev–Trinajstić information content (AvgIpc) is 3.37. The van der Waals surface area contributed by atoms with Crippen LogP contribution in [0.5, 0.6) is 0 Å². The third kappa shape index (κ3) is 4.36. The van der Waals surface area contributed by atoms with Crippen LogP contribution in [-0.2, 0) is 24.2 Å². The smallest absolute Gasteiger partial charge is 0.262 e. The van der Waals surface area contributed by atoms with Crippen LogP contribution in [0.15, 0.2) is 35.4 Å². The third-order valence-electron chi connectivity index (χ3n) is 6.72. The van der Waals surface area contributed by atoms with Gasteiger partial charge in [0.05, 0.1) is 18.3 Å². The maximum absolute atomic E-state index is 13.3. The van der Waals surface area contributed by atoms with E-state index in [-0.39, 0.29) is 5.56 Å². The molecular weight excluding hydrogens is 420 g/mol. The number of rotatable bonds is 7. The fraction of sp³-hybridized carbons (Fsp3) is 0.480. The van der Waals surface area contributed by atoms with Crippen molar-refractivity contribution in [1.29, 1.82) is 0 Å². The molecular formula is C25H30N4O2S. The Bertz CT molecular complexity index is 1180. The highest BCUT2D eigenvalue weighted by Crippen LogP contribution is 2.33. The molecule has 7 heteroatoms. The zero-order valence-corrected chi connectivity index (χ0v) is 19.4. The van der Waals surface area contributed by atoms with Gasteiger partial charge in [0.2, 0.25) is 5.91 Å². The lowest BCUT2D eigenvalue weighted by Gasteiger charge is -2.24. The van der Waals surface area contributed by atoms with Crippen molar-refractivity contribution < 1.29 is 4.79 Å². The van der Waals surface area contributed by atoms with E-state index in [1.807, 2.05) is 4.90 Å². The lowest BCUT2D eigenvalue weighted by molar-refractivity contribution is -0.127. The Hall–Kier alpha value is -2.51. The fourth-order valence-corrected chi connectivity index (χ4v) is 6.15. The number of carbonyl (C=O) groups is 1. The molecule has 1 amide bonds. The van der Waals surface area contributed by atoms with E-state index in [2.05, 4.69) is 41.5 Å². The van der Waals surface area contributed by atoms with Crippen LogP contribution < -0.4 is 10.9 Å². The van der Waals surface area contributed by atoms with E-state index < -0.39 is 0 Å². The molecule has 32 heavy (non-hydrogen) atoms. The van der Waals surface area contributed by atoms with Crippen LogP contribution in [0, 0.1) is 6.92 Å². The number of likely N-dealkylation sites (tertiary alicyclic amines) is 1. The zero-order valence-electron chi connectivity index (χ0n) is 18.6. The first-order chi connectivity index (χ1) is 15.6. The van der Waals surface area contributed by atoms with Gasteiger partial charge in [0.1, 0.15) is 4.83 Å². The second-order valence-corrected chi connectivity index (χ2v) is 10.2. The number of hydrogen-bond donors (Lipinski definition) is 1. The Morgan fingerprint density at radius 1 is 1.19 bits per heavy atom. The summed E-state index contributed by atoms with van der Waals surface area (Å²) in [5.41, 5.74) is 3.62. The fourth-order valence-electron chi connectivity index (χ4n) is 4.89. The molecule has 168 valence electrons. The normalized spacial score (nSPS) is 18.5. The largest absolute Gasteiger partial charge is 0.343 e. The highest BCUT2D eigenvalue weighted by atomic mass is 32.1. The predicted octanol–water partition coefficient (Wildman–Crippen LogP) is 3.27. The molecule has 1 N–H and O–H groups in total. The van der Waals surface area contributed by atoms with Gasteiger partial charge in [-0.15, -0.1) is 11.3 Å². The molecule has 1 fully saturated rings.